The molecule has 29 heavy (non-hydrogen) atoms. The summed E-state index contributed by atoms with van der Waals surface area (Å²) in [7, 11) is 0. The maximum absolute atomic E-state index is 13.1. The van der Waals surface area contributed by atoms with Crippen molar-refractivity contribution in [2.24, 2.45) is 0 Å². The van der Waals surface area contributed by atoms with Crippen LogP contribution in [0.3, 0.4) is 0 Å². The first kappa shape index (κ1) is 21.1. The van der Waals surface area contributed by atoms with Gasteiger partial charge in [0.25, 0.3) is 5.56 Å². The van der Waals surface area contributed by atoms with Crippen LogP contribution in [-0.2, 0) is 11.3 Å². The number of aryl methyl sites for hydroxylation is 1. The van der Waals surface area contributed by atoms with Crippen molar-refractivity contribution in [3.63, 3.8) is 0 Å². The maximum Gasteiger partial charge on any atom is 0.262 e. The number of rotatable bonds is 8. The Kier molecular flexibility index (Phi) is 7.09. The van der Waals surface area contributed by atoms with Crippen LogP contribution in [0.1, 0.15) is 37.8 Å². The minimum Gasteiger partial charge on any atom is -0.353 e. The van der Waals surface area contributed by atoms with Gasteiger partial charge in [0.15, 0.2) is 5.16 Å². The molecule has 1 heterocycles. The van der Waals surface area contributed by atoms with Gasteiger partial charge in [-0.15, -0.1) is 0 Å². The van der Waals surface area contributed by atoms with Crippen molar-refractivity contribution in [2.75, 3.05) is 5.75 Å². The van der Waals surface area contributed by atoms with Gasteiger partial charge in [0, 0.05) is 6.04 Å². The smallest absolute Gasteiger partial charge is 0.262 e. The fourth-order valence-corrected chi connectivity index (χ4v) is 3.98. The van der Waals surface area contributed by atoms with Crippen LogP contribution < -0.4 is 10.9 Å². The van der Waals surface area contributed by atoms with Crippen molar-refractivity contribution in [1.82, 2.24) is 14.9 Å². The van der Waals surface area contributed by atoms with E-state index in [2.05, 4.69) is 24.1 Å². The summed E-state index contributed by atoms with van der Waals surface area (Å²) in [5.74, 6) is 0.197. The second kappa shape index (κ2) is 9.74. The lowest BCUT2D eigenvalue weighted by Gasteiger charge is -2.16. The first-order chi connectivity index (χ1) is 14.0. The van der Waals surface area contributed by atoms with Gasteiger partial charge in [0.2, 0.25) is 5.91 Å². The summed E-state index contributed by atoms with van der Waals surface area (Å²) < 4.78 is 1.67. The van der Waals surface area contributed by atoms with E-state index >= 15 is 0 Å². The lowest BCUT2D eigenvalue weighted by molar-refractivity contribution is -0.119. The van der Waals surface area contributed by atoms with Gasteiger partial charge in [-0.2, -0.15) is 0 Å². The zero-order valence-electron chi connectivity index (χ0n) is 17.1. The van der Waals surface area contributed by atoms with Crippen LogP contribution in [0.5, 0.6) is 0 Å². The average Bonchev–Trinajstić information content (AvgIpc) is 2.74. The van der Waals surface area contributed by atoms with Crippen molar-refractivity contribution >= 4 is 28.6 Å². The Hall–Kier alpha value is -2.60. The zero-order chi connectivity index (χ0) is 20.8. The molecule has 1 aromatic heterocycles. The molecule has 3 rings (SSSR count). The second-order valence-electron chi connectivity index (χ2n) is 7.16. The second-order valence-corrected chi connectivity index (χ2v) is 8.10. The Morgan fingerprint density at radius 2 is 1.79 bits per heavy atom. The zero-order valence-corrected chi connectivity index (χ0v) is 18.0. The van der Waals surface area contributed by atoms with E-state index in [-0.39, 0.29) is 23.3 Å². The van der Waals surface area contributed by atoms with Gasteiger partial charge < -0.3 is 5.32 Å². The number of benzene rings is 2. The summed E-state index contributed by atoms with van der Waals surface area (Å²) in [5, 5.41) is 4.19. The van der Waals surface area contributed by atoms with Crippen LogP contribution in [0.2, 0.25) is 0 Å². The molecule has 1 N–H and O–H groups in total. The van der Waals surface area contributed by atoms with Crippen LogP contribution in [0, 0.1) is 6.92 Å². The molecule has 1 amide bonds. The number of carbonyl (C=O) groups is 1. The number of carbonyl (C=O) groups excluding carboxylic acids is 1. The SMILES string of the molecule is CCC(CC)NC(=O)CSc1nc2ccccc2c(=O)n1Cc1ccc(C)cc1. The van der Waals surface area contributed by atoms with Gasteiger partial charge >= 0.3 is 0 Å². The summed E-state index contributed by atoms with van der Waals surface area (Å²) >= 11 is 1.31. The Morgan fingerprint density at radius 3 is 2.48 bits per heavy atom. The number of para-hydroxylation sites is 1. The van der Waals surface area contributed by atoms with Gasteiger partial charge in [-0.3, -0.25) is 14.2 Å². The summed E-state index contributed by atoms with van der Waals surface area (Å²) in [6.45, 7) is 6.58. The molecule has 0 atom stereocenters. The molecule has 152 valence electrons. The molecule has 0 radical (unpaired) electrons. The predicted octanol–water partition coefficient (Wildman–Crippen LogP) is 4.15. The van der Waals surface area contributed by atoms with Crippen molar-refractivity contribution in [3.8, 4) is 0 Å². The normalized spacial score (nSPS) is 11.2. The monoisotopic (exact) mass is 409 g/mol. The molecule has 0 fully saturated rings. The summed E-state index contributed by atoms with van der Waals surface area (Å²) in [6, 6.07) is 15.6. The summed E-state index contributed by atoms with van der Waals surface area (Å²) in [4.78, 5) is 30.2. The van der Waals surface area contributed by atoms with Crippen molar-refractivity contribution in [3.05, 3.63) is 70.0 Å². The Bertz CT molecular complexity index is 1040. The van der Waals surface area contributed by atoms with E-state index in [1.54, 1.807) is 10.6 Å². The molecular weight excluding hydrogens is 382 g/mol. The van der Waals surface area contributed by atoms with Crippen LogP contribution >= 0.6 is 11.8 Å². The molecule has 0 spiro atoms. The number of hydrogen-bond donors (Lipinski definition) is 1. The number of hydrogen-bond acceptors (Lipinski definition) is 4. The summed E-state index contributed by atoms with van der Waals surface area (Å²) in [5.41, 5.74) is 2.77. The average molecular weight is 410 g/mol. The van der Waals surface area contributed by atoms with Crippen LogP contribution in [0.4, 0.5) is 0 Å². The minimum atomic E-state index is -0.0842. The number of thioether (sulfide) groups is 1. The molecule has 0 aliphatic rings. The van der Waals surface area contributed by atoms with E-state index in [0.717, 1.165) is 18.4 Å². The molecule has 0 saturated heterocycles. The van der Waals surface area contributed by atoms with Crippen molar-refractivity contribution in [1.29, 1.82) is 0 Å². The molecule has 2 aromatic carbocycles. The number of fused-ring (bicyclic) bond motifs is 1. The third kappa shape index (κ3) is 5.26. The van der Waals surface area contributed by atoms with Gasteiger partial charge in [-0.05, 0) is 37.5 Å². The predicted molar refractivity (Wildman–Crippen MR) is 120 cm³/mol. The molecule has 3 aromatic rings. The number of nitrogens with zero attached hydrogens (tertiary/aromatic N) is 2. The Morgan fingerprint density at radius 1 is 1.10 bits per heavy atom. The van der Waals surface area contributed by atoms with Gasteiger partial charge in [-0.25, -0.2) is 4.98 Å². The topological polar surface area (TPSA) is 64.0 Å². The Balaban J connectivity index is 1.90. The minimum absolute atomic E-state index is 0.0343. The molecule has 0 saturated carbocycles. The third-order valence-electron chi connectivity index (χ3n) is 4.97. The number of nitrogens with one attached hydrogen (secondary N) is 1. The molecule has 0 aliphatic heterocycles. The van der Waals surface area contributed by atoms with E-state index in [0.29, 0.717) is 22.6 Å². The van der Waals surface area contributed by atoms with E-state index in [1.807, 2.05) is 49.4 Å². The summed E-state index contributed by atoms with van der Waals surface area (Å²) in [6.07, 6.45) is 1.80. The lowest BCUT2D eigenvalue weighted by atomic mass is 10.1. The molecule has 5 nitrogen and oxygen atoms in total. The number of aromatic nitrogens is 2. The first-order valence-electron chi connectivity index (χ1n) is 9.99. The highest BCUT2D eigenvalue weighted by molar-refractivity contribution is 7.99. The standard InChI is InChI=1S/C23H27N3O2S/c1-4-18(5-2)24-21(27)15-29-23-25-20-9-7-6-8-19(20)22(28)26(23)14-17-12-10-16(3)11-13-17/h6-13,18H,4-5,14-15H2,1-3H3,(H,24,27). The van der Waals surface area contributed by atoms with Gasteiger partial charge in [-0.1, -0.05) is 67.6 Å². The molecular formula is C23H27N3O2S. The first-order valence-corrected chi connectivity index (χ1v) is 11.0. The Labute approximate surface area is 175 Å². The molecule has 0 unspecified atom stereocenters. The van der Waals surface area contributed by atoms with Crippen LogP contribution in [0.25, 0.3) is 10.9 Å². The fraction of sp³-hybridized carbons (Fsp3) is 0.348. The van der Waals surface area contributed by atoms with E-state index in [1.165, 1.54) is 17.3 Å². The quantitative estimate of drug-likeness (QED) is 0.448. The lowest BCUT2D eigenvalue weighted by Crippen LogP contribution is -2.35. The van der Waals surface area contributed by atoms with E-state index in [9.17, 15) is 9.59 Å². The maximum atomic E-state index is 13.1. The van der Waals surface area contributed by atoms with Crippen molar-refractivity contribution in [2.45, 2.75) is 51.4 Å². The fourth-order valence-electron chi connectivity index (χ4n) is 3.17. The molecule has 6 heteroatoms. The van der Waals surface area contributed by atoms with Crippen LogP contribution in [-0.4, -0.2) is 27.3 Å². The van der Waals surface area contributed by atoms with E-state index < -0.39 is 0 Å². The molecule has 0 aliphatic carbocycles. The van der Waals surface area contributed by atoms with Crippen LogP contribution in [0.15, 0.2) is 58.5 Å². The highest BCUT2D eigenvalue weighted by Gasteiger charge is 2.15. The molecule has 0 bridgehead atoms. The van der Waals surface area contributed by atoms with Gasteiger partial charge in [0.1, 0.15) is 0 Å². The largest absolute Gasteiger partial charge is 0.353 e. The highest BCUT2D eigenvalue weighted by atomic mass is 32.2. The third-order valence-corrected chi connectivity index (χ3v) is 5.95. The van der Waals surface area contributed by atoms with Gasteiger partial charge in [0.05, 0.1) is 23.2 Å². The highest BCUT2D eigenvalue weighted by Crippen LogP contribution is 2.19. The van der Waals surface area contributed by atoms with E-state index in [4.69, 9.17) is 0 Å². The number of amides is 1. The van der Waals surface area contributed by atoms with Crippen molar-refractivity contribution < 1.29 is 4.79 Å².